The van der Waals surface area contributed by atoms with E-state index in [1.165, 1.54) is 22.9 Å². The summed E-state index contributed by atoms with van der Waals surface area (Å²) in [6.07, 6.45) is 0. The summed E-state index contributed by atoms with van der Waals surface area (Å²) in [6.45, 7) is 1.71. The van der Waals surface area contributed by atoms with E-state index in [0.29, 0.717) is 5.69 Å². The molecule has 0 atom stereocenters. The van der Waals surface area contributed by atoms with Crippen LogP contribution < -0.4 is 5.32 Å². The lowest BCUT2D eigenvalue weighted by atomic mass is 10.1. The molecule has 2 aromatic rings. The first-order valence-electron chi connectivity index (χ1n) is 5.74. The number of hydrogen-bond donors (Lipinski definition) is 2. The van der Waals surface area contributed by atoms with Gasteiger partial charge in [-0.15, -0.1) is 0 Å². The Bertz CT molecular complexity index is 694. The van der Waals surface area contributed by atoms with Gasteiger partial charge in [0.05, 0.1) is 16.9 Å². The van der Waals surface area contributed by atoms with Gasteiger partial charge in [0.25, 0.3) is 5.91 Å². The molecule has 7 heteroatoms. The van der Waals surface area contributed by atoms with E-state index in [0.717, 1.165) is 6.07 Å². The molecule has 1 aromatic heterocycles. The van der Waals surface area contributed by atoms with Gasteiger partial charge in [-0.1, -0.05) is 6.07 Å². The second-order valence-electron chi connectivity index (χ2n) is 4.22. The van der Waals surface area contributed by atoms with Gasteiger partial charge in [-0.05, 0) is 25.1 Å². The van der Waals surface area contributed by atoms with Crippen molar-refractivity contribution in [1.82, 2.24) is 9.78 Å². The summed E-state index contributed by atoms with van der Waals surface area (Å²) in [5.74, 6) is -2.75. The molecule has 20 heavy (non-hydrogen) atoms. The number of para-hydroxylation sites is 1. The minimum absolute atomic E-state index is 0.210. The van der Waals surface area contributed by atoms with Crippen molar-refractivity contribution in [3.63, 3.8) is 0 Å². The van der Waals surface area contributed by atoms with E-state index < -0.39 is 17.7 Å². The molecule has 1 aromatic carbocycles. The summed E-state index contributed by atoms with van der Waals surface area (Å²) in [6, 6.07) is 5.09. The number of hydrogen-bond acceptors (Lipinski definition) is 3. The zero-order chi connectivity index (χ0) is 14.9. The van der Waals surface area contributed by atoms with Crippen molar-refractivity contribution in [3.05, 3.63) is 47.0 Å². The quantitative estimate of drug-likeness (QED) is 0.896. The highest BCUT2D eigenvalue weighted by molar-refractivity contribution is 6.07. The van der Waals surface area contributed by atoms with Gasteiger partial charge in [-0.3, -0.25) is 9.48 Å². The summed E-state index contributed by atoms with van der Waals surface area (Å²) < 4.78 is 15.0. The van der Waals surface area contributed by atoms with E-state index in [4.69, 9.17) is 5.11 Å². The number of carbonyl (C=O) groups excluding carboxylic acids is 1. The molecule has 2 rings (SSSR count). The Kier molecular flexibility index (Phi) is 3.51. The number of benzene rings is 1. The van der Waals surface area contributed by atoms with Crippen molar-refractivity contribution in [2.24, 2.45) is 7.05 Å². The monoisotopic (exact) mass is 277 g/mol. The fraction of sp³-hybridized carbons (Fsp3) is 0.154. The first-order valence-corrected chi connectivity index (χ1v) is 5.74. The largest absolute Gasteiger partial charge is 0.478 e. The Hall–Kier alpha value is -2.70. The third kappa shape index (κ3) is 2.51. The number of aromatic carboxylic acids is 1. The van der Waals surface area contributed by atoms with Crippen LogP contribution in [0.5, 0.6) is 0 Å². The van der Waals surface area contributed by atoms with Crippen LogP contribution in [0.4, 0.5) is 10.1 Å². The molecule has 0 fully saturated rings. The number of nitrogens with one attached hydrogen (secondary N) is 1. The summed E-state index contributed by atoms with van der Waals surface area (Å²) >= 11 is 0. The molecule has 1 amide bonds. The summed E-state index contributed by atoms with van der Waals surface area (Å²) in [5.41, 5.74) is 0.174. The van der Waals surface area contributed by atoms with Crippen molar-refractivity contribution < 1.29 is 19.1 Å². The highest BCUT2D eigenvalue weighted by Crippen LogP contribution is 2.20. The van der Waals surface area contributed by atoms with Crippen molar-refractivity contribution in [3.8, 4) is 0 Å². The molecule has 0 saturated carbocycles. The lowest BCUT2D eigenvalue weighted by molar-refractivity contribution is 0.0697. The maximum atomic E-state index is 13.7. The fourth-order valence-corrected chi connectivity index (χ4v) is 1.83. The fourth-order valence-electron chi connectivity index (χ4n) is 1.83. The molecule has 1 heterocycles. The molecule has 104 valence electrons. The summed E-state index contributed by atoms with van der Waals surface area (Å²) in [4.78, 5) is 23.1. The van der Waals surface area contributed by atoms with Crippen LogP contribution in [0.2, 0.25) is 0 Å². The molecule has 0 saturated heterocycles. The van der Waals surface area contributed by atoms with Crippen LogP contribution in [0, 0.1) is 12.7 Å². The Labute approximate surface area is 113 Å². The number of rotatable bonds is 3. The molecule has 0 aliphatic rings. The predicted molar refractivity (Wildman–Crippen MR) is 69.3 cm³/mol. The molecular formula is C13H12FN3O3. The minimum Gasteiger partial charge on any atom is -0.478 e. The van der Waals surface area contributed by atoms with E-state index in [2.05, 4.69) is 10.4 Å². The van der Waals surface area contributed by atoms with Gasteiger partial charge in [-0.25, -0.2) is 9.18 Å². The molecule has 0 unspecified atom stereocenters. The Morgan fingerprint density at radius 2 is 2.10 bits per heavy atom. The molecular weight excluding hydrogens is 265 g/mol. The maximum absolute atomic E-state index is 13.7. The van der Waals surface area contributed by atoms with Gasteiger partial charge >= 0.3 is 5.97 Å². The van der Waals surface area contributed by atoms with Gasteiger partial charge in [-0.2, -0.15) is 5.10 Å². The second kappa shape index (κ2) is 5.12. The normalized spacial score (nSPS) is 10.3. The van der Waals surface area contributed by atoms with Crippen LogP contribution in [-0.2, 0) is 7.05 Å². The van der Waals surface area contributed by atoms with Crippen molar-refractivity contribution in [2.75, 3.05) is 5.32 Å². The zero-order valence-corrected chi connectivity index (χ0v) is 10.8. The number of nitrogens with zero attached hydrogens (tertiary/aromatic N) is 2. The number of carboxylic acids is 1. The SMILES string of the molecule is Cc1cc(C(=O)Nc2c(F)cccc2C(=O)O)n(C)n1. The first-order chi connectivity index (χ1) is 9.40. The van der Waals surface area contributed by atoms with E-state index in [1.807, 2.05) is 0 Å². The Morgan fingerprint density at radius 3 is 2.65 bits per heavy atom. The number of aromatic nitrogens is 2. The number of halogens is 1. The van der Waals surface area contributed by atoms with Crippen molar-refractivity contribution in [1.29, 1.82) is 0 Å². The average Bonchev–Trinajstić information content (AvgIpc) is 2.70. The van der Waals surface area contributed by atoms with E-state index in [9.17, 15) is 14.0 Å². The highest BCUT2D eigenvalue weighted by Gasteiger charge is 2.19. The van der Waals surface area contributed by atoms with Gasteiger partial charge in [0, 0.05) is 7.05 Å². The molecule has 0 aliphatic carbocycles. The number of carboxylic acid groups (broad SMARTS) is 1. The Morgan fingerprint density at radius 1 is 1.40 bits per heavy atom. The smallest absolute Gasteiger partial charge is 0.337 e. The molecule has 0 radical (unpaired) electrons. The third-order valence-electron chi connectivity index (χ3n) is 2.72. The lowest BCUT2D eigenvalue weighted by Crippen LogP contribution is -2.19. The van der Waals surface area contributed by atoms with Crippen LogP contribution in [-0.4, -0.2) is 26.8 Å². The van der Waals surface area contributed by atoms with Crippen LogP contribution in [0.1, 0.15) is 26.5 Å². The standard InChI is InChI=1S/C13H12FN3O3/c1-7-6-10(17(2)16-7)12(18)15-11-8(13(19)20)4-3-5-9(11)14/h3-6H,1-2H3,(H,15,18)(H,19,20). The average molecular weight is 277 g/mol. The Balaban J connectivity index is 2.37. The highest BCUT2D eigenvalue weighted by atomic mass is 19.1. The number of aryl methyl sites for hydroxylation is 2. The van der Waals surface area contributed by atoms with Crippen LogP contribution in [0.25, 0.3) is 0 Å². The summed E-state index contributed by atoms with van der Waals surface area (Å²) in [5, 5.41) is 15.3. The summed E-state index contributed by atoms with van der Waals surface area (Å²) in [7, 11) is 1.57. The molecule has 0 bridgehead atoms. The van der Waals surface area contributed by atoms with Gasteiger partial charge in [0.2, 0.25) is 0 Å². The predicted octanol–water partition coefficient (Wildman–Crippen LogP) is 1.82. The lowest BCUT2D eigenvalue weighted by Gasteiger charge is -2.09. The first kappa shape index (κ1) is 13.7. The molecule has 2 N–H and O–H groups in total. The number of amides is 1. The van der Waals surface area contributed by atoms with Crippen LogP contribution in [0.15, 0.2) is 24.3 Å². The van der Waals surface area contributed by atoms with Gasteiger partial charge < -0.3 is 10.4 Å². The number of anilines is 1. The van der Waals surface area contributed by atoms with E-state index in [-0.39, 0.29) is 16.9 Å². The molecule has 6 nitrogen and oxygen atoms in total. The van der Waals surface area contributed by atoms with E-state index >= 15 is 0 Å². The number of carbonyl (C=O) groups is 2. The third-order valence-corrected chi connectivity index (χ3v) is 2.72. The van der Waals surface area contributed by atoms with Crippen molar-refractivity contribution >= 4 is 17.6 Å². The maximum Gasteiger partial charge on any atom is 0.337 e. The van der Waals surface area contributed by atoms with Gasteiger partial charge in [0.1, 0.15) is 11.5 Å². The van der Waals surface area contributed by atoms with Gasteiger partial charge in [0.15, 0.2) is 0 Å². The van der Waals surface area contributed by atoms with Crippen LogP contribution in [0.3, 0.4) is 0 Å². The van der Waals surface area contributed by atoms with Crippen molar-refractivity contribution in [2.45, 2.75) is 6.92 Å². The molecule has 0 aliphatic heterocycles. The van der Waals surface area contributed by atoms with Crippen LogP contribution >= 0.6 is 0 Å². The molecule has 0 spiro atoms. The van der Waals surface area contributed by atoms with E-state index in [1.54, 1.807) is 14.0 Å². The zero-order valence-electron chi connectivity index (χ0n) is 10.8. The topological polar surface area (TPSA) is 84.2 Å². The second-order valence-corrected chi connectivity index (χ2v) is 4.22. The minimum atomic E-state index is -1.32.